The number of aromatic nitrogens is 2. The van der Waals surface area contributed by atoms with Gasteiger partial charge in [-0.15, -0.1) is 0 Å². The normalized spacial score (nSPS) is 16.1. The molecule has 0 spiro atoms. The van der Waals surface area contributed by atoms with Crippen LogP contribution in [0.4, 0.5) is 0 Å². The molecule has 0 atom stereocenters. The molecular weight excluding hydrogens is 382 g/mol. The van der Waals surface area contributed by atoms with E-state index in [1.54, 1.807) is 0 Å². The first kappa shape index (κ1) is 18.6. The molecule has 0 bridgehead atoms. The lowest BCUT2D eigenvalue weighted by Crippen LogP contribution is -2.32. The molecule has 29 heavy (non-hydrogen) atoms. The number of pyridine rings is 1. The molecule has 2 aromatic carbocycles. The number of para-hydroxylation sites is 2. The van der Waals surface area contributed by atoms with Crippen LogP contribution in [-0.2, 0) is 6.54 Å². The summed E-state index contributed by atoms with van der Waals surface area (Å²) in [4.78, 5) is 11.8. The van der Waals surface area contributed by atoms with Crippen LogP contribution in [0.3, 0.4) is 0 Å². The average Bonchev–Trinajstić information content (AvgIpc) is 3.17. The number of likely N-dealkylation sites (tertiary alicyclic amines) is 1. The maximum absolute atomic E-state index is 6.55. The molecule has 2 aromatic heterocycles. The highest BCUT2D eigenvalue weighted by atomic mass is 35.5. The van der Waals surface area contributed by atoms with E-state index in [1.807, 2.05) is 24.3 Å². The van der Waals surface area contributed by atoms with Crippen LogP contribution in [-0.4, -0.2) is 28.0 Å². The summed E-state index contributed by atoms with van der Waals surface area (Å²) < 4.78 is 5.99. The molecule has 3 heterocycles. The summed E-state index contributed by atoms with van der Waals surface area (Å²) in [5.74, 6) is 1.26. The van der Waals surface area contributed by atoms with Gasteiger partial charge in [0.1, 0.15) is 10.7 Å². The fraction of sp³-hybridized carbons (Fsp3) is 0.333. The molecule has 4 aromatic rings. The minimum Gasteiger partial charge on any atom is -0.440 e. The molecule has 5 heteroatoms. The fourth-order valence-corrected chi connectivity index (χ4v) is 4.46. The van der Waals surface area contributed by atoms with Crippen LogP contribution in [0.15, 0.2) is 46.9 Å². The minimum absolute atomic E-state index is 0.384. The second-order valence-corrected chi connectivity index (χ2v) is 8.45. The van der Waals surface area contributed by atoms with Crippen LogP contribution in [0.5, 0.6) is 0 Å². The predicted octanol–water partition coefficient (Wildman–Crippen LogP) is 6.03. The number of fused-ring (bicyclic) bond motifs is 2. The van der Waals surface area contributed by atoms with Crippen molar-refractivity contribution in [3.8, 4) is 0 Å². The van der Waals surface area contributed by atoms with E-state index in [-0.39, 0.29) is 0 Å². The van der Waals surface area contributed by atoms with E-state index < -0.39 is 0 Å². The minimum atomic E-state index is 0.384. The van der Waals surface area contributed by atoms with Gasteiger partial charge in [-0.05, 0) is 69.1 Å². The Morgan fingerprint density at radius 2 is 1.86 bits per heavy atom. The zero-order valence-corrected chi connectivity index (χ0v) is 17.5. The molecule has 0 amide bonds. The molecule has 5 rings (SSSR count). The number of oxazole rings is 1. The van der Waals surface area contributed by atoms with Gasteiger partial charge in [-0.25, -0.2) is 9.97 Å². The van der Waals surface area contributed by atoms with Crippen molar-refractivity contribution in [2.75, 3.05) is 13.1 Å². The molecule has 0 saturated carbocycles. The highest BCUT2D eigenvalue weighted by Crippen LogP contribution is 2.31. The number of hydrogen-bond acceptors (Lipinski definition) is 4. The number of piperidine rings is 1. The lowest BCUT2D eigenvalue weighted by Gasteiger charge is -2.30. The molecule has 1 aliphatic heterocycles. The largest absolute Gasteiger partial charge is 0.440 e. The second kappa shape index (κ2) is 7.43. The van der Waals surface area contributed by atoms with Crippen molar-refractivity contribution >= 4 is 33.6 Å². The SMILES string of the molecule is Cc1ccc2cc(CN3CCC(c4nc5ccccc5o4)CC3)c(Cl)nc2c1C. The van der Waals surface area contributed by atoms with E-state index in [4.69, 9.17) is 26.0 Å². The maximum Gasteiger partial charge on any atom is 0.198 e. The first-order valence-corrected chi connectivity index (χ1v) is 10.6. The van der Waals surface area contributed by atoms with Gasteiger partial charge in [-0.1, -0.05) is 35.9 Å². The quantitative estimate of drug-likeness (QED) is 0.390. The van der Waals surface area contributed by atoms with Crippen LogP contribution < -0.4 is 0 Å². The second-order valence-electron chi connectivity index (χ2n) is 8.09. The van der Waals surface area contributed by atoms with Crippen molar-refractivity contribution in [1.29, 1.82) is 0 Å². The summed E-state index contributed by atoms with van der Waals surface area (Å²) >= 11 is 6.55. The Labute approximate surface area is 175 Å². The van der Waals surface area contributed by atoms with Crippen molar-refractivity contribution in [3.05, 3.63) is 70.2 Å². The topological polar surface area (TPSA) is 42.2 Å². The average molecular weight is 406 g/mol. The lowest BCUT2D eigenvalue weighted by molar-refractivity contribution is 0.194. The summed E-state index contributed by atoms with van der Waals surface area (Å²) in [7, 11) is 0. The van der Waals surface area contributed by atoms with Crippen molar-refractivity contribution in [1.82, 2.24) is 14.9 Å². The van der Waals surface area contributed by atoms with Crippen molar-refractivity contribution in [2.24, 2.45) is 0 Å². The van der Waals surface area contributed by atoms with Crippen molar-refractivity contribution in [2.45, 2.75) is 39.2 Å². The summed E-state index contributed by atoms with van der Waals surface area (Å²) in [5.41, 5.74) is 6.38. The predicted molar refractivity (Wildman–Crippen MR) is 117 cm³/mol. The number of benzene rings is 2. The Hall–Kier alpha value is -2.43. The molecule has 1 aliphatic rings. The summed E-state index contributed by atoms with van der Waals surface area (Å²) in [6.07, 6.45) is 2.09. The molecule has 0 aliphatic carbocycles. The molecule has 1 fully saturated rings. The van der Waals surface area contributed by atoms with Gasteiger partial charge in [0, 0.05) is 23.4 Å². The Bertz CT molecular complexity index is 1160. The Morgan fingerprint density at radius 3 is 2.66 bits per heavy atom. The summed E-state index contributed by atoms with van der Waals surface area (Å²) in [6, 6.07) is 14.5. The molecule has 0 unspecified atom stereocenters. The van der Waals surface area contributed by atoms with Gasteiger partial charge in [0.2, 0.25) is 0 Å². The van der Waals surface area contributed by atoms with Gasteiger partial charge >= 0.3 is 0 Å². The summed E-state index contributed by atoms with van der Waals surface area (Å²) in [6.45, 7) is 7.06. The van der Waals surface area contributed by atoms with E-state index in [0.29, 0.717) is 11.1 Å². The van der Waals surface area contributed by atoms with Crippen LogP contribution >= 0.6 is 11.6 Å². The third-order valence-electron chi connectivity index (χ3n) is 6.18. The highest BCUT2D eigenvalue weighted by molar-refractivity contribution is 6.30. The fourth-order valence-electron chi connectivity index (χ4n) is 4.26. The standard InChI is InChI=1S/C24H24ClN3O/c1-15-7-8-18-13-19(23(25)27-22(18)16(15)2)14-28-11-9-17(10-12-28)24-26-20-5-3-4-6-21(20)29-24/h3-8,13,17H,9-12,14H2,1-2H3. The van der Waals surface area contributed by atoms with E-state index in [9.17, 15) is 0 Å². The first-order chi connectivity index (χ1) is 14.1. The molecule has 0 N–H and O–H groups in total. The van der Waals surface area contributed by atoms with Gasteiger partial charge in [-0.3, -0.25) is 4.90 Å². The number of aryl methyl sites for hydroxylation is 2. The van der Waals surface area contributed by atoms with Gasteiger partial charge < -0.3 is 4.42 Å². The molecule has 1 saturated heterocycles. The highest BCUT2D eigenvalue weighted by Gasteiger charge is 2.25. The third kappa shape index (κ3) is 3.52. The van der Waals surface area contributed by atoms with Crippen LogP contribution in [0.1, 0.15) is 41.3 Å². The Morgan fingerprint density at radius 1 is 1.07 bits per heavy atom. The van der Waals surface area contributed by atoms with E-state index in [0.717, 1.165) is 65.9 Å². The smallest absolute Gasteiger partial charge is 0.198 e. The van der Waals surface area contributed by atoms with Gasteiger partial charge in [0.15, 0.2) is 11.5 Å². The monoisotopic (exact) mass is 405 g/mol. The number of hydrogen-bond donors (Lipinski definition) is 0. The van der Waals surface area contributed by atoms with Crippen LogP contribution in [0, 0.1) is 13.8 Å². The van der Waals surface area contributed by atoms with Gasteiger partial charge in [0.05, 0.1) is 5.52 Å². The summed E-state index contributed by atoms with van der Waals surface area (Å²) in [5, 5.41) is 1.78. The number of halogens is 1. The van der Waals surface area contributed by atoms with E-state index in [2.05, 4.69) is 36.9 Å². The van der Waals surface area contributed by atoms with Crippen LogP contribution in [0.2, 0.25) is 5.15 Å². The van der Waals surface area contributed by atoms with Crippen LogP contribution in [0.25, 0.3) is 22.0 Å². The number of nitrogens with zero attached hydrogens (tertiary/aromatic N) is 3. The van der Waals surface area contributed by atoms with E-state index >= 15 is 0 Å². The van der Waals surface area contributed by atoms with Gasteiger partial charge in [0.25, 0.3) is 0 Å². The zero-order chi connectivity index (χ0) is 20.0. The van der Waals surface area contributed by atoms with Gasteiger partial charge in [-0.2, -0.15) is 0 Å². The molecule has 148 valence electrons. The maximum atomic E-state index is 6.55. The Balaban J connectivity index is 1.30. The van der Waals surface area contributed by atoms with E-state index in [1.165, 1.54) is 11.1 Å². The molecular formula is C24H24ClN3O. The first-order valence-electron chi connectivity index (χ1n) is 10.2. The lowest BCUT2D eigenvalue weighted by atomic mass is 9.96. The molecule has 0 radical (unpaired) electrons. The number of rotatable bonds is 3. The third-order valence-corrected chi connectivity index (χ3v) is 6.51. The molecule has 4 nitrogen and oxygen atoms in total. The van der Waals surface area contributed by atoms with Crippen molar-refractivity contribution < 1.29 is 4.42 Å². The Kier molecular flexibility index (Phi) is 4.76. The zero-order valence-electron chi connectivity index (χ0n) is 16.8. The van der Waals surface area contributed by atoms with Crippen molar-refractivity contribution in [3.63, 3.8) is 0 Å².